The highest BCUT2D eigenvalue weighted by Gasteiger charge is 2.27. The lowest BCUT2D eigenvalue weighted by Gasteiger charge is -2.31. The third-order valence-electron chi connectivity index (χ3n) is 3.90. The number of ether oxygens (including phenoxy) is 2. The predicted octanol–water partition coefficient (Wildman–Crippen LogP) is 4.18. The van der Waals surface area contributed by atoms with Gasteiger partial charge in [-0.15, -0.1) is 0 Å². The molecule has 4 heteroatoms. The second-order valence-corrected chi connectivity index (χ2v) is 5.80. The molecule has 21 heavy (non-hydrogen) atoms. The molecule has 1 heterocycles. The fourth-order valence-corrected chi connectivity index (χ4v) is 2.96. The molecule has 1 aliphatic heterocycles. The Morgan fingerprint density at radius 2 is 2.05 bits per heavy atom. The molecule has 0 amide bonds. The van der Waals surface area contributed by atoms with Crippen molar-refractivity contribution >= 4 is 11.6 Å². The van der Waals surface area contributed by atoms with Gasteiger partial charge in [0.15, 0.2) is 0 Å². The van der Waals surface area contributed by atoms with Gasteiger partial charge in [-0.2, -0.15) is 0 Å². The summed E-state index contributed by atoms with van der Waals surface area (Å²) >= 11 is 6.02. The highest BCUT2D eigenvalue weighted by molar-refractivity contribution is 6.30. The zero-order valence-electron chi connectivity index (χ0n) is 12.1. The van der Waals surface area contributed by atoms with Gasteiger partial charge in [-0.3, -0.25) is 0 Å². The lowest BCUT2D eigenvalue weighted by Crippen LogP contribution is -2.24. The van der Waals surface area contributed by atoms with Gasteiger partial charge in [0.2, 0.25) is 0 Å². The van der Waals surface area contributed by atoms with E-state index in [-0.39, 0.29) is 12.1 Å². The summed E-state index contributed by atoms with van der Waals surface area (Å²) in [6, 6.07) is 11.6. The van der Waals surface area contributed by atoms with Crippen molar-refractivity contribution in [2.75, 3.05) is 7.11 Å². The summed E-state index contributed by atoms with van der Waals surface area (Å²) in [5.74, 6) is 1.70. The van der Waals surface area contributed by atoms with Crippen molar-refractivity contribution in [3.05, 3.63) is 58.1 Å². The lowest BCUT2D eigenvalue weighted by atomic mass is 9.93. The summed E-state index contributed by atoms with van der Waals surface area (Å²) in [5.41, 5.74) is 9.46. The monoisotopic (exact) mass is 303 g/mol. The van der Waals surface area contributed by atoms with Crippen LogP contribution in [0.15, 0.2) is 36.4 Å². The largest absolute Gasteiger partial charge is 0.496 e. The lowest BCUT2D eigenvalue weighted by molar-refractivity contribution is 0.161. The van der Waals surface area contributed by atoms with Crippen LogP contribution in [-0.2, 0) is 0 Å². The number of halogens is 1. The Morgan fingerprint density at radius 1 is 1.24 bits per heavy atom. The maximum Gasteiger partial charge on any atom is 0.126 e. The van der Waals surface area contributed by atoms with Gasteiger partial charge >= 0.3 is 0 Å². The quantitative estimate of drug-likeness (QED) is 0.905. The van der Waals surface area contributed by atoms with E-state index in [9.17, 15) is 0 Å². The van der Waals surface area contributed by atoms with E-state index >= 15 is 0 Å². The number of fused-ring (bicyclic) bond motifs is 1. The summed E-state index contributed by atoms with van der Waals surface area (Å²) in [6.45, 7) is 2.03. The fraction of sp³-hybridized carbons (Fsp3) is 0.294. The van der Waals surface area contributed by atoms with Crippen LogP contribution >= 0.6 is 11.6 Å². The number of nitrogens with two attached hydrogens (primary N) is 1. The van der Waals surface area contributed by atoms with E-state index in [0.717, 1.165) is 34.6 Å². The molecule has 3 nitrogen and oxygen atoms in total. The Kier molecular flexibility index (Phi) is 3.79. The molecule has 2 atom stereocenters. The van der Waals surface area contributed by atoms with E-state index in [2.05, 4.69) is 6.07 Å². The summed E-state index contributed by atoms with van der Waals surface area (Å²) in [6.07, 6.45) is 0.692. The second-order valence-electron chi connectivity index (χ2n) is 5.36. The van der Waals surface area contributed by atoms with Crippen LogP contribution in [0.3, 0.4) is 0 Å². The topological polar surface area (TPSA) is 44.5 Å². The molecule has 3 rings (SSSR count). The van der Waals surface area contributed by atoms with Crippen molar-refractivity contribution in [1.82, 2.24) is 0 Å². The van der Waals surface area contributed by atoms with Crippen molar-refractivity contribution in [2.24, 2.45) is 5.73 Å². The number of methoxy groups -OCH3 is 1. The molecule has 0 saturated carbocycles. The van der Waals surface area contributed by atoms with Gasteiger partial charge in [0.25, 0.3) is 0 Å². The molecule has 0 bridgehead atoms. The molecule has 0 aliphatic carbocycles. The van der Waals surface area contributed by atoms with E-state index in [4.69, 9.17) is 26.8 Å². The van der Waals surface area contributed by atoms with Crippen LogP contribution in [0.25, 0.3) is 0 Å². The van der Waals surface area contributed by atoms with Crippen LogP contribution in [0.4, 0.5) is 0 Å². The average Bonchev–Trinajstić information content (AvgIpc) is 2.47. The molecule has 2 unspecified atom stereocenters. The van der Waals surface area contributed by atoms with Crippen LogP contribution in [0.5, 0.6) is 11.5 Å². The molecule has 0 fully saturated rings. The van der Waals surface area contributed by atoms with Crippen molar-refractivity contribution in [3.8, 4) is 11.5 Å². The molecule has 2 N–H and O–H groups in total. The molecular formula is C17H18ClNO2. The van der Waals surface area contributed by atoms with Crippen LogP contribution in [0.1, 0.15) is 35.3 Å². The summed E-state index contributed by atoms with van der Waals surface area (Å²) in [7, 11) is 1.68. The normalized spacial score (nSPS) is 20.6. The van der Waals surface area contributed by atoms with Gasteiger partial charge in [-0.1, -0.05) is 17.7 Å². The first-order chi connectivity index (χ1) is 10.1. The third kappa shape index (κ3) is 2.71. The third-order valence-corrected chi connectivity index (χ3v) is 4.13. The minimum absolute atomic E-state index is 0.0433. The second kappa shape index (κ2) is 5.58. The van der Waals surface area contributed by atoms with Gasteiger partial charge in [-0.25, -0.2) is 0 Å². The Balaban J connectivity index is 1.92. The average molecular weight is 304 g/mol. The minimum atomic E-state index is -0.0696. The summed E-state index contributed by atoms with van der Waals surface area (Å²) in [4.78, 5) is 0. The van der Waals surface area contributed by atoms with E-state index in [1.165, 1.54) is 0 Å². The van der Waals surface area contributed by atoms with E-state index in [0.29, 0.717) is 5.02 Å². The van der Waals surface area contributed by atoms with Crippen LogP contribution in [-0.4, -0.2) is 7.11 Å². The van der Waals surface area contributed by atoms with E-state index in [1.807, 2.05) is 37.3 Å². The first-order valence-electron chi connectivity index (χ1n) is 6.94. The molecule has 0 aromatic heterocycles. The maximum absolute atomic E-state index is 6.27. The minimum Gasteiger partial charge on any atom is -0.496 e. The molecular weight excluding hydrogens is 286 g/mol. The number of benzene rings is 2. The van der Waals surface area contributed by atoms with Crippen LogP contribution in [0, 0.1) is 6.92 Å². The number of hydrogen-bond acceptors (Lipinski definition) is 3. The number of hydrogen-bond donors (Lipinski definition) is 1. The Labute approximate surface area is 129 Å². The van der Waals surface area contributed by atoms with Gasteiger partial charge in [-0.05, 0) is 48.4 Å². The Hall–Kier alpha value is -1.71. The zero-order chi connectivity index (χ0) is 15.0. The molecule has 0 spiro atoms. The molecule has 110 valence electrons. The molecule has 2 aromatic carbocycles. The zero-order valence-corrected chi connectivity index (χ0v) is 12.9. The van der Waals surface area contributed by atoms with Gasteiger partial charge in [0, 0.05) is 23.0 Å². The molecule has 0 radical (unpaired) electrons. The Bertz CT molecular complexity index is 672. The van der Waals surface area contributed by atoms with Crippen molar-refractivity contribution in [1.29, 1.82) is 0 Å². The van der Waals surface area contributed by atoms with Gasteiger partial charge < -0.3 is 15.2 Å². The van der Waals surface area contributed by atoms with Gasteiger partial charge in [0.1, 0.15) is 17.6 Å². The molecule has 1 aliphatic rings. The number of rotatable bonds is 2. The van der Waals surface area contributed by atoms with Crippen molar-refractivity contribution in [2.45, 2.75) is 25.5 Å². The van der Waals surface area contributed by atoms with Crippen molar-refractivity contribution < 1.29 is 9.47 Å². The fourth-order valence-electron chi connectivity index (χ4n) is 2.78. The van der Waals surface area contributed by atoms with Crippen LogP contribution < -0.4 is 15.2 Å². The molecule has 0 saturated heterocycles. The van der Waals surface area contributed by atoms with Crippen molar-refractivity contribution in [3.63, 3.8) is 0 Å². The highest BCUT2D eigenvalue weighted by Crippen LogP contribution is 2.41. The first-order valence-corrected chi connectivity index (χ1v) is 7.32. The number of aryl methyl sites for hydroxylation is 1. The predicted molar refractivity (Wildman–Crippen MR) is 84.1 cm³/mol. The van der Waals surface area contributed by atoms with Gasteiger partial charge in [0.05, 0.1) is 7.11 Å². The standard InChI is InChI=1S/C17H18ClNO2/c1-10-7-11(3-5-15(10)20-2)17-9-14(19)13-8-12(18)4-6-16(13)21-17/h3-8,14,17H,9,19H2,1-2H3. The molecule has 2 aromatic rings. The summed E-state index contributed by atoms with van der Waals surface area (Å²) < 4.78 is 11.4. The summed E-state index contributed by atoms with van der Waals surface area (Å²) in [5, 5.41) is 0.687. The van der Waals surface area contributed by atoms with Crippen LogP contribution in [0.2, 0.25) is 5.02 Å². The SMILES string of the molecule is COc1ccc(C2CC(N)c3cc(Cl)ccc3O2)cc1C. The van der Waals surface area contributed by atoms with E-state index in [1.54, 1.807) is 7.11 Å². The Morgan fingerprint density at radius 3 is 2.76 bits per heavy atom. The first kappa shape index (κ1) is 14.2. The smallest absolute Gasteiger partial charge is 0.126 e. The maximum atomic E-state index is 6.27. The van der Waals surface area contributed by atoms with E-state index < -0.39 is 0 Å². The highest BCUT2D eigenvalue weighted by atomic mass is 35.5.